The highest BCUT2D eigenvalue weighted by atomic mass is 19.3. The van der Waals surface area contributed by atoms with E-state index in [0.717, 1.165) is 25.7 Å². The minimum atomic E-state index is -2.91. The second-order valence-corrected chi connectivity index (χ2v) is 7.11. The van der Waals surface area contributed by atoms with E-state index in [-0.39, 0.29) is 23.3 Å². The first-order chi connectivity index (χ1) is 13.0. The summed E-state index contributed by atoms with van der Waals surface area (Å²) in [6.07, 6.45) is 6.32. The van der Waals surface area contributed by atoms with Crippen molar-refractivity contribution in [1.82, 2.24) is 15.5 Å². The second kappa shape index (κ2) is 7.26. The van der Waals surface area contributed by atoms with Crippen LogP contribution in [0, 0.1) is 0 Å². The third-order valence-corrected chi connectivity index (χ3v) is 5.32. The Bertz CT molecular complexity index is 820. The summed E-state index contributed by atoms with van der Waals surface area (Å²) in [4.78, 5) is 12.8. The van der Waals surface area contributed by atoms with E-state index in [9.17, 15) is 13.6 Å². The zero-order chi connectivity index (χ0) is 18.9. The van der Waals surface area contributed by atoms with E-state index in [1.165, 1.54) is 24.8 Å². The van der Waals surface area contributed by atoms with Gasteiger partial charge in [-0.25, -0.2) is 0 Å². The highest BCUT2D eigenvalue weighted by Gasteiger charge is 2.43. The molecule has 1 aromatic heterocycles. The number of carbonyl (C=O) groups excluding carboxylic acids is 1. The Morgan fingerprint density at radius 1 is 1.41 bits per heavy atom. The van der Waals surface area contributed by atoms with Gasteiger partial charge in [-0.05, 0) is 44.2 Å². The number of benzene rings is 1. The molecule has 1 aliphatic heterocycles. The molecular weight excluding hydrogens is 356 g/mol. The van der Waals surface area contributed by atoms with Crippen molar-refractivity contribution in [3.05, 3.63) is 36.0 Å². The monoisotopic (exact) mass is 377 g/mol. The Morgan fingerprint density at radius 3 is 3.00 bits per heavy atom. The van der Waals surface area contributed by atoms with Crippen molar-refractivity contribution < 1.29 is 23.0 Å². The summed E-state index contributed by atoms with van der Waals surface area (Å²) >= 11 is 0. The number of hydrogen-bond acceptors (Lipinski definition) is 4. The van der Waals surface area contributed by atoms with Crippen LogP contribution in [0.2, 0.25) is 0 Å². The van der Waals surface area contributed by atoms with E-state index < -0.39 is 6.61 Å². The largest absolute Gasteiger partial charge is 0.435 e. The van der Waals surface area contributed by atoms with Crippen LogP contribution in [0.5, 0.6) is 5.75 Å². The van der Waals surface area contributed by atoms with Gasteiger partial charge < -0.3 is 14.8 Å². The van der Waals surface area contributed by atoms with Gasteiger partial charge in [0.15, 0.2) is 0 Å². The molecule has 1 amide bonds. The zero-order valence-electron chi connectivity index (χ0n) is 14.7. The molecule has 6 nitrogen and oxygen atoms in total. The van der Waals surface area contributed by atoms with Crippen molar-refractivity contribution in [2.45, 2.75) is 50.4 Å². The standard InChI is InChI=1S/C19H21F2N3O3/c20-18(21)27-14-4-1-3-12(9-14)16-15(11-22-24-16)17(25)23-13-5-8-26-19(10-13)6-2-7-19/h1,3-4,9,11,13,18H,2,5-8,10H2,(H,22,24)(H,23,25). The Kier molecular flexibility index (Phi) is 4.82. The van der Waals surface area contributed by atoms with Crippen molar-refractivity contribution in [2.75, 3.05) is 6.61 Å². The molecule has 2 aliphatic rings. The van der Waals surface area contributed by atoms with E-state index in [1.54, 1.807) is 12.1 Å². The van der Waals surface area contributed by atoms with Gasteiger partial charge >= 0.3 is 6.61 Å². The molecule has 0 bridgehead atoms. The molecule has 1 unspecified atom stereocenters. The summed E-state index contributed by atoms with van der Waals surface area (Å²) in [5.41, 5.74) is 1.34. The predicted octanol–water partition coefficient (Wildman–Crippen LogP) is 3.51. The van der Waals surface area contributed by atoms with Crippen molar-refractivity contribution in [2.24, 2.45) is 0 Å². The molecule has 2 N–H and O–H groups in total. The summed E-state index contributed by atoms with van der Waals surface area (Å²) in [7, 11) is 0. The van der Waals surface area contributed by atoms with E-state index in [4.69, 9.17) is 4.74 Å². The molecule has 8 heteroatoms. The summed E-state index contributed by atoms with van der Waals surface area (Å²) in [6.45, 7) is -2.26. The van der Waals surface area contributed by atoms with Gasteiger partial charge in [-0.3, -0.25) is 9.89 Å². The molecule has 1 saturated carbocycles. The highest BCUT2D eigenvalue weighted by Crippen LogP contribution is 2.42. The molecule has 1 spiro atoms. The van der Waals surface area contributed by atoms with Gasteiger partial charge in [0.2, 0.25) is 0 Å². The average molecular weight is 377 g/mol. The topological polar surface area (TPSA) is 76.2 Å². The molecule has 27 heavy (non-hydrogen) atoms. The van der Waals surface area contributed by atoms with Gasteiger partial charge in [-0.15, -0.1) is 0 Å². The summed E-state index contributed by atoms with van der Waals surface area (Å²) in [5, 5.41) is 9.81. The van der Waals surface area contributed by atoms with E-state index in [2.05, 4.69) is 20.3 Å². The maximum absolute atomic E-state index is 12.8. The maximum atomic E-state index is 12.8. The SMILES string of the molecule is O=C(NC1CCOC2(CCC2)C1)c1cn[nH]c1-c1cccc(OC(F)F)c1. The number of halogens is 2. The number of amides is 1. The van der Waals surface area contributed by atoms with Gasteiger partial charge in [0.1, 0.15) is 5.75 Å². The van der Waals surface area contributed by atoms with Gasteiger partial charge in [0.05, 0.1) is 23.1 Å². The molecule has 144 valence electrons. The number of nitrogens with zero attached hydrogens (tertiary/aromatic N) is 1. The maximum Gasteiger partial charge on any atom is 0.387 e. The number of ether oxygens (including phenoxy) is 2. The van der Waals surface area contributed by atoms with Crippen molar-refractivity contribution in [1.29, 1.82) is 0 Å². The zero-order valence-corrected chi connectivity index (χ0v) is 14.7. The van der Waals surface area contributed by atoms with E-state index >= 15 is 0 Å². The molecule has 1 aromatic carbocycles. The van der Waals surface area contributed by atoms with Crippen LogP contribution in [-0.2, 0) is 4.74 Å². The predicted molar refractivity (Wildman–Crippen MR) is 93.7 cm³/mol. The fourth-order valence-electron chi connectivity index (χ4n) is 3.84. The summed E-state index contributed by atoms with van der Waals surface area (Å²) in [5.74, 6) is -0.208. The van der Waals surface area contributed by atoms with Crippen LogP contribution in [-0.4, -0.2) is 41.0 Å². The van der Waals surface area contributed by atoms with Crippen LogP contribution >= 0.6 is 0 Å². The molecule has 1 aliphatic carbocycles. The normalized spacial score (nSPS) is 21.1. The first kappa shape index (κ1) is 17.9. The minimum absolute atomic E-state index is 0.0276. The number of carbonyl (C=O) groups is 1. The fourth-order valence-corrected chi connectivity index (χ4v) is 3.84. The quantitative estimate of drug-likeness (QED) is 0.836. The smallest absolute Gasteiger partial charge is 0.387 e. The van der Waals surface area contributed by atoms with Crippen LogP contribution in [0.4, 0.5) is 8.78 Å². The average Bonchev–Trinajstić information content (AvgIpc) is 3.10. The van der Waals surface area contributed by atoms with Crippen molar-refractivity contribution in [3.8, 4) is 17.0 Å². The molecule has 2 aromatic rings. The Labute approximate surface area is 155 Å². The Balaban J connectivity index is 1.49. The van der Waals surface area contributed by atoms with Gasteiger partial charge in [0.25, 0.3) is 5.91 Å². The number of aromatic amines is 1. The second-order valence-electron chi connectivity index (χ2n) is 7.11. The lowest BCUT2D eigenvalue weighted by Gasteiger charge is -2.47. The van der Waals surface area contributed by atoms with E-state index in [0.29, 0.717) is 23.4 Å². The van der Waals surface area contributed by atoms with Crippen LogP contribution in [0.1, 0.15) is 42.5 Å². The third kappa shape index (κ3) is 3.80. The third-order valence-electron chi connectivity index (χ3n) is 5.32. The minimum Gasteiger partial charge on any atom is -0.435 e. The van der Waals surface area contributed by atoms with Crippen LogP contribution in [0.15, 0.2) is 30.5 Å². The van der Waals surface area contributed by atoms with Crippen molar-refractivity contribution >= 4 is 5.91 Å². The van der Waals surface area contributed by atoms with Crippen LogP contribution < -0.4 is 10.1 Å². The summed E-state index contributed by atoms with van der Waals surface area (Å²) in [6, 6.07) is 6.25. The first-order valence-electron chi connectivity index (χ1n) is 9.08. The number of rotatable bonds is 5. The lowest BCUT2D eigenvalue weighted by molar-refractivity contribution is -0.134. The molecule has 2 heterocycles. The van der Waals surface area contributed by atoms with Gasteiger partial charge in [-0.1, -0.05) is 12.1 Å². The lowest BCUT2D eigenvalue weighted by Crippen LogP contribution is -2.52. The number of hydrogen-bond donors (Lipinski definition) is 2. The Morgan fingerprint density at radius 2 is 2.26 bits per heavy atom. The lowest BCUT2D eigenvalue weighted by atomic mass is 9.74. The molecule has 2 fully saturated rings. The van der Waals surface area contributed by atoms with Crippen LogP contribution in [0.25, 0.3) is 11.3 Å². The molecule has 0 radical (unpaired) electrons. The van der Waals surface area contributed by atoms with Crippen LogP contribution in [0.3, 0.4) is 0 Å². The molecular formula is C19H21F2N3O3. The Hall–Kier alpha value is -2.48. The van der Waals surface area contributed by atoms with Crippen molar-refractivity contribution in [3.63, 3.8) is 0 Å². The van der Waals surface area contributed by atoms with Gasteiger partial charge in [-0.2, -0.15) is 13.9 Å². The molecule has 1 atom stereocenters. The number of nitrogens with one attached hydrogen (secondary N) is 2. The fraction of sp³-hybridized carbons (Fsp3) is 0.474. The number of aromatic nitrogens is 2. The summed E-state index contributed by atoms with van der Waals surface area (Å²) < 4.78 is 35.2. The molecule has 4 rings (SSSR count). The first-order valence-corrected chi connectivity index (χ1v) is 9.08. The number of alkyl halides is 2. The van der Waals surface area contributed by atoms with Gasteiger partial charge in [0, 0.05) is 18.2 Å². The molecule has 1 saturated heterocycles. The van der Waals surface area contributed by atoms with E-state index in [1.807, 2.05) is 0 Å². The number of H-pyrrole nitrogens is 1. The highest BCUT2D eigenvalue weighted by molar-refractivity contribution is 6.00.